The summed E-state index contributed by atoms with van der Waals surface area (Å²) in [7, 11) is 0. The van der Waals surface area contributed by atoms with E-state index in [-0.39, 0.29) is 0 Å². The molecule has 0 aliphatic rings. The van der Waals surface area contributed by atoms with Crippen LogP contribution < -0.4 is 5.73 Å². The number of aryl methyl sites for hydroxylation is 2. The number of nitrogen functional groups attached to an aromatic ring is 1. The van der Waals surface area contributed by atoms with E-state index in [0.29, 0.717) is 6.04 Å². The number of nitrogens with zero attached hydrogens (tertiary/aromatic N) is 3. The number of hydrogen-bond donors (Lipinski definition) is 1. The maximum Gasteiger partial charge on any atom is 0.0597 e. The van der Waals surface area contributed by atoms with Crippen LogP contribution in [-0.4, -0.2) is 20.7 Å². The second kappa shape index (κ2) is 6.76. The Hall–Kier alpha value is -1.81. The van der Waals surface area contributed by atoms with Crippen molar-refractivity contribution in [3.05, 3.63) is 47.3 Å². The fourth-order valence-electron chi connectivity index (χ4n) is 2.56. The molecule has 1 aromatic carbocycles. The number of aromatic nitrogens is 2. The largest absolute Gasteiger partial charge is 0.399 e. The molecule has 2 N–H and O–H groups in total. The van der Waals surface area contributed by atoms with E-state index in [9.17, 15) is 0 Å². The molecule has 0 aliphatic heterocycles. The van der Waals surface area contributed by atoms with Gasteiger partial charge in [-0.1, -0.05) is 12.1 Å². The van der Waals surface area contributed by atoms with Gasteiger partial charge in [-0.25, -0.2) is 0 Å². The van der Waals surface area contributed by atoms with Gasteiger partial charge in [-0.15, -0.1) is 0 Å². The highest BCUT2D eigenvalue weighted by molar-refractivity contribution is 5.40. The number of hydrogen-bond acceptors (Lipinski definition) is 3. The van der Waals surface area contributed by atoms with Crippen molar-refractivity contribution in [2.45, 2.75) is 53.4 Å². The number of anilines is 1. The molecular formula is C17H26N4. The molecule has 0 fully saturated rings. The zero-order chi connectivity index (χ0) is 15.4. The molecule has 0 spiro atoms. The maximum atomic E-state index is 5.88. The monoisotopic (exact) mass is 286 g/mol. The Bertz CT molecular complexity index is 586. The van der Waals surface area contributed by atoms with E-state index in [0.717, 1.165) is 31.0 Å². The van der Waals surface area contributed by atoms with Crippen LogP contribution in [0.4, 0.5) is 5.69 Å². The van der Waals surface area contributed by atoms with E-state index in [2.05, 4.69) is 53.7 Å². The van der Waals surface area contributed by atoms with E-state index in [1.807, 2.05) is 19.1 Å². The van der Waals surface area contributed by atoms with Crippen molar-refractivity contribution in [2.75, 3.05) is 5.73 Å². The Balaban J connectivity index is 2.15. The molecule has 4 heteroatoms. The van der Waals surface area contributed by atoms with Crippen molar-refractivity contribution >= 4 is 5.69 Å². The molecule has 0 radical (unpaired) electrons. The third-order valence-corrected chi connectivity index (χ3v) is 3.72. The maximum absolute atomic E-state index is 5.88. The van der Waals surface area contributed by atoms with Crippen molar-refractivity contribution in [3.8, 4) is 0 Å². The molecule has 0 saturated heterocycles. The van der Waals surface area contributed by atoms with Gasteiger partial charge < -0.3 is 5.73 Å². The third kappa shape index (κ3) is 4.08. The zero-order valence-electron chi connectivity index (χ0n) is 13.5. The lowest BCUT2D eigenvalue weighted by molar-refractivity contribution is 0.197. The third-order valence-electron chi connectivity index (χ3n) is 3.72. The molecule has 0 amide bonds. The summed E-state index contributed by atoms with van der Waals surface area (Å²) in [5, 5.41) is 4.53. The Morgan fingerprint density at radius 1 is 1.24 bits per heavy atom. The van der Waals surface area contributed by atoms with Crippen LogP contribution in [0.5, 0.6) is 0 Å². The fraction of sp³-hybridized carbons (Fsp3) is 0.471. The second-order valence-corrected chi connectivity index (χ2v) is 5.84. The highest BCUT2D eigenvalue weighted by Gasteiger charge is 2.14. The molecule has 2 rings (SSSR count). The van der Waals surface area contributed by atoms with Crippen LogP contribution in [0.15, 0.2) is 30.3 Å². The summed E-state index contributed by atoms with van der Waals surface area (Å²) < 4.78 is 2.09. The first-order chi connectivity index (χ1) is 9.99. The summed E-state index contributed by atoms with van der Waals surface area (Å²) in [4.78, 5) is 2.44. The van der Waals surface area contributed by atoms with Gasteiger partial charge in [0.25, 0.3) is 0 Å². The van der Waals surface area contributed by atoms with Crippen LogP contribution in [0, 0.1) is 6.92 Å². The summed E-state index contributed by atoms with van der Waals surface area (Å²) in [5.74, 6) is 0. The molecule has 0 aliphatic carbocycles. The average Bonchev–Trinajstić information content (AvgIpc) is 2.78. The van der Waals surface area contributed by atoms with Crippen LogP contribution in [0.2, 0.25) is 0 Å². The standard InChI is InChI=1S/C17H26N4/c1-5-21-17(9-14(4)19-21)12-20(13(2)3)11-15-7-6-8-16(18)10-15/h6-10,13H,5,11-12,18H2,1-4H3. The smallest absolute Gasteiger partial charge is 0.0597 e. The van der Waals surface area contributed by atoms with E-state index in [4.69, 9.17) is 5.73 Å². The number of benzene rings is 1. The SMILES string of the molecule is CCn1nc(C)cc1CN(Cc1cccc(N)c1)C(C)C. The molecule has 1 heterocycles. The molecule has 21 heavy (non-hydrogen) atoms. The van der Waals surface area contributed by atoms with Gasteiger partial charge in [-0.2, -0.15) is 5.10 Å². The van der Waals surface area contributed by atoms with Gasteiger partial charge in [-0.05, 0) is 51.5 Å². The topological polar surface area (TPSA) is 47.1 Å². The first kappa shape index (κ1) is 15.6. The Labute approximate surface area is 127 Å². The summed E-state index contributed by atoms with van der Waals surface area (Å²) in [6.07, 6.45) is 0. The van der Waals surface area contributed by atoms with Gasteiger partial charge in [0.15, 0.2) is 0 Å². The molecule has 1 aromatic heterocycles. The predicted octanol–water partition coefficient (Wildman–Crippen LogP) is 3.20. The Kier molecular flexibility index (Phi) is 5.02. The Morgan fingerprint density at radius 3 is 2.62 bits per heavy atom. The zero-order valence-corrected chi connectivity index (χ0v) is 13.5. The fourth-order valence-corrected chi connectivity index (χ4v) is 2.56. The second-order valence-electron chi connectivity index (χ2n) is 5.84. The van der Waals surface area contributed by atoms with Crippen LogP contribution in [0.3, 0.4) is 0 Å². The predicted molar refractivity (Wildman–Crippen MR) is 87.9 cm³/mol. The van der Waals surface area contributed by atoms with E-state index in [1.165, 1.54) is 11.3 Å². The van der Waals surface area contributed by atoms with E-state index < -0.39 is 0 Å². The van der Waals surface area contributed by atoms with Crippen molar-refractivity contribution in [1.29, 1.82) is 0 Å². The molecule has 114 valence electrons. The van der Waals surface area contributed by atoms with Crippen molar-refractivity contribution in [2.24, 2.45) is 0 Å². The molecule has 0 bridgehead atoms. The highest BCUT2D eigenvalue weighted by Crippen LogP contribution is 2.16. The van der Waals surface area contributed by atoms with Gasteiger partial charge >= 0.3 is 0 Å². The first-order valence-electron chi connectivity index (χ1n) is 7.61. The normalized spacial score (nSPS) is 11.5. The van der Waals surface area contributed by atoms with Gasteiger partial charge in [0.1, 0.15) is 0 Å². The summed E-state index contributed by atoms with van der Waals surface area (Å²) in [6, 6.07) is 10.8. The number of rotatable bonds is 6. The van der Waals surface area contributed by atoms with Crippen LogP contribution in [-0.2, 0) is 19.6 Å². The highest BCUT2D eigenvalue weighted by atomic mass is 15.3. The summed E-state index contributed by atoms with van der Waals surface area (Å²) in [6.45, 7) is 11.4. The molecular weight excluding hydrogens is 260 g/mol. The molecule has 2 aromatic rings. The van der Waals surface area contributed by atoms with Gasteiger partial charge in [0.2, 0.25) is 0 Å². The van der Waals surface area contributed by atoms with Gasteiger partial charge in [-0.3, -0.25) is 9.58 Å². The average molecular weight is 286 g/mol. The summed E-state index contributed by atoms with van der Waals surface area (Å²) >= 11 is 0. The van der Waals surface area contributed by atoms with Crippen molar-refractivity contribution in [1.82, 2.24) is 14.7 Å². The minimum atomic E-state index is 0.465. The van der Waals surface area contributed by atoms with Crippen LogP contribution in [0.1, 0.15) is 37.7 Å². The van der Waals surface area contributed by atoms with Crippen LogP contribution in [0.25, 0.3) is 0 Å². The van der Waals surface area contributed by atoms with Crippen LogP contribution >= 0.6 is 0 Å². The minimum absolute atomic E-state index is 0.465. The van der Waals surface area contributed by atoms with Gasteiger partial charge in [0.05, 0.1) is 11.4 Å². The van der Waals surface area contributed by atoms with Crippen molar-refractivity contribution < 1.29 is 0 Å². The lowest BCUT2D eigenvalue weighted by Gasteiger charge is -2.26. The lowest BCUT2D eigenvalue weighted by atomic mass is 10.1. The molecule has 0 unspecified atom stereocenters. The van der Waals surface area contributed by atoms with E-state index >= 15 is 0 Å². The number of nitrogens with two attached hydrogens (primary N) is 1. The molecule has 0 saturated carbocycles. The molecule has 4 nitrogen and oxygen atoms in total. The minimum Gasteiger partial charge on any atom is -0.399 e. The molecule has 0 atom stereocenters. The van der Waals surface area contributed by atoms with Crippen molar-refractivity contribution in [3.63, 3.8) is 0 Å². The summed E-state index contributed by atoms with van der Waals surface area (Å²) in [5.41, 5.74) is 10.3. The quantitative estimate of drug-likeness (QED) is 0.830. The Morgan fingerprint density at radius 2 is 2.00 bits per heavy atom. The van der Waals surface area contributed by atoms with E-state index in [1.54, 1.807) is 0 Å². The lowest BCUT2D eigenvalue weighted by Crippen LogP contribution is -2.30. The van der Waals surface area contributed by atoms with Gasteiger partial charge in [0, 0.05) is 31.4 Å². The first-order valence-corrected chi connectivity index (χ1v) is 7.61.